The molecule has 0 N–H and O–H groups in total. The molecule has 1 amide bonds. The Morgan fingerprint density at radius 1 is 1.53 bits per heavy atom. The third-order valence-corrected chi connectivity index (χ3v) is 3.26. The van der Waals surface area contributed by atoms with Gasteiger partial charge in [-0.3, -0.25) is 9.59 Å². The van der Waals surface area contributed by atoms with Gasteiger partial charge in [0.15, 0.2) is 0 Å². The standard InChI is InChI=1S/C12H12BrNO3/c1-17-11(15)4-5-14-7-8-2-3-9(13)6-10(8)12(14)16/h2-3,6H,4-5,7H2,1H3. The summed E-state index contributed by atoms with van der Waals surface area (Å²) in [6.07, 6.45) is 0.234. The van der Waals surface area contributed by atoms with E-state index in [1.807, 2.05) is 18.2 Å². The van der Waals surface area contributed by atoms with E-state index in [9.17, 15) is 9.59 Å². The van der Waals surface area contributed by atoms with Crippen molar-refractivity contribution in [3.05, 3.63) is 33.8 Å². The van der Waals surface area contributed by atoms with Gasteiger partial charge >= 0.3 is 5.97 Å². The van der Waals surface area contributed by atoms with Gasteiger partial charge in [-0.1, -0.05) is 22.0 Å². The summed E-state index contributed by atoms with van der Waals surface area (Å²) in [5, 5.41) is 0. The Kier molecular flexibility index (Phi) is 3.47. The van der Waals surface area contributed by atoms with Crippen LogP contribution in [0.25, 0.3) is 0 Å². The summed E-state index contributed by atoms with van der Waals surface area (Å²) in [6, 6.07) is 5.65. The Morgan fingerprint density at radius 3 is 3.00 bits per heavy atom. The van der Waals surface area contributed by atoms with Gasteiger partial charge in [0.05, 0.1) is 13.5 Å². The highest BCUT2D eigenvalue weighted by Gasteiger charge is 2.27. The summed E-state index contributed by atoms with van der Waals surface area (Å²) < 4.78 is 5.45. The molecule has 0 fully saturated rings. The zero-order chi connectivity index (χ0) is 12.4. The van der Waals surface area contributed by atoms with E-state index in [-0.39, 0.29) is 18.3 Å². The van der Waals surface area contributed by atoms with Crippen molar-refractivity contribution in [3.63, 3.8) is 0 Å². The molecule has 0 aliphatic carbocycles. The van der Waals surface area contributed by atoms with Crippen molar-refractivity contribution in [2.45, 2.75) is 13.0 Å². The van der Waals surface area contributed by atoms with Crippen molar-refractivity contribution in [2.24, 2.45) is 0 Å². The summed E-state index contributed by atoms with van der Waals surface area (Å²) in [7, 11) is 1.35. The fourth-order valence-corrected chi connectivity index (χ4v) is 2.20. The van der Waals surface area contributed by atoms with Crippen LogP contribution < -0.4 is 0 Å². The highest BCUT2D eigenvalue weighted by molar-refractivity contribution is 9.10. The van der Waals surface area contributed by atoms with E-state index in [1.165, 1.54) is 7.11 Å². The van der Waals surface area contributed by atoms with E-state index in [0.717, 1.165) is 10.0 Å². The zero-order valence-corrected chi connectivity index (χ0v) is 11.0. The maximum Gasteiger partial charge on any atom is 0.307 e. The lowest BCUT2D eigenvalue weighted by Gasteiger charge is -2.14. The molecule has 4 nitrogen and oxygen atoms in total. The Hall–Kier alpha value is -1.36. The van der Waals surface area contributed by atoms with Crippen LogP contribution in [0.3, 0.4) is 0 Å². The second kappa shape index (κ2) is 4.87. The Labute approximate surface area is 108 Å². The van der Waals surface area contributed by atoms with Crippen LogP contribution in [0, 0.1) is 0 Å². The topological polar surface area (TPSA) is 46.6 Å². The maximum atomic E-state index is 12.0. The van der Waals surface area contributed by atoms with Gasteiger partial charge < -0.3 is 9.64 Å². The van der Waals surface area contributed by atoms with Crippen molar-refractivity contribution in [1.82, 2.24) is 4.90 Å². The lowest BCUT2D eigenvalue weighted by atomic mass is 10.1. The molecule has 0 saturated carbocycles. The number of carbonyl (C=O) groups is 2. The second-order valence-electron chi connectivity index (χ2n) is 3.85. The molecule has 1 aliphatic rings. The number of ether oxygens (including phenoxy) is 1. The van der Waals surface area contributed by atoms with E-state index >= 15 is 0 Å². The second-order valence-corrected chi connectivity index (χ2v) is 4.77. The number of benzene rings is 1. The molecule has 1 aliphatic heterocycles. The summed E-state index contributed by atoms with van der Waals surface area (Å²) in [4.78, 5) is 24.7. The quantitative estimate of drug-likeness (QED) is 0.802. The van der Waals surface area contributed by atoms with Crippen LogP contribution in [-0.4, -0.2) is 30.4 Å². The monoisotopic (exact) mass is 297 g/mol. The Balaban J connectivity index is 2.07. The van der Waals surface area contributed by atoms with E-state index in [0.29, 0.717) is 18.7 Å². The van der Waals surface area contributed by atoms with Crippen molar-refractivity contribution < 1.29 is 14.3 Å². The molecule has 0 atom stereocenters. The predicted molar refractivity (Wildman–Crippen MR) is 65.5 cm³/mol. The third-order valence-electron chi connectivity index (χ3n) is 2.76. The van der Waals surface area contributed by atoms with Crippen LogP contribution in [0.2, 0.25) is 0 Å². The molecular formula is C12H12BrNO3. The lowest BCUT2D eigenvalue weighted by molar-refractivity contribution is -0.140. The minimum absolute atomic E-state index is 0.0230. The van der Waals surface area contributed by atoms with Gasteiger partial charge in [-0.25, -0.2) is 0 Å². The first kappa shape index (κ1) is 12.1. The first-order valence-electron chi connectivity index (χ1n) is 5.26. The molecule has 2 rings (SSSR count). The zero-order valence-electron chi connectivity index (χ0n) is 9.40. The van der Waals surface area contributed by atoms with Crippen LogP contribution >= 0.6 is 15.9 Å². The van der Waals surface area contributed by atoms with Crippen molar-refractivity contribution in [2.75, 3.05) is 13.7 Å². The van der Waals surface area contributed by atoms with Crippen molar-refractivity contribution >= 4 is 27.8 Å². The molecule has 0 spiro atoms. The van der Waals surface area contributed by atoms with Crippen molar-refractivity contribution in [3.8, 4) is 0 Å². The van der Waals surface area contributed by atoms with Crippen LogP contribution in [0.1, 0.15) is 22.3 Å². The molecule has 1 aromatic rings. The van der Waals surface area contributed by atoms with E-state index in [1.54, 1.807) is 4.90 Å². The van der Waals surface area contributed by atoms with Crippen LogP contribution in [-0.2, 0) is 16.1 Å². The average molecular weight is 298 g/mol. The number of rotatable bonds is 3. The molecule has 1 heterocycles. The molecular weight excluding hydrogens is 286 g/mol. The first-order chi connectivity index (χ1) is 8.11. The maximum absolute atomic E-state index is 12.0. The summed E-state index contributed by atoms with van der Waals surface area (Å²) in [5.74, 6) is -0.319. The minimum atomic E-state index is -0.296. The Morgan fingerprint density at radius 2 is 2.29 bits per heavy atom. The number of methoxy groups -OCH3 is 1. The average Bonchev–Trinajstić information content (AvgIpc) is 2.63. The minimum Gasteiger partial charge on any atom is -0.469 e. The number of fused-ring (bicyclic) bond motifs is 1. The predicted octanol–water partition coefficient (Wildman–Crippen LogP) is 1.97. The number of esters is 1. The molecule has 90 valence electrons. The smallest absolute Gasteiger partial charge is 0.307 e. The first-order valence-corrected chi connectivity index (χ1v) is 6.05. The van der Waals surface area contributed by atoms with Gasteiger partial charge in [0.2, 0.25) is 0 Å². The number of nitrogens with zero attached hydrogens (tertiary/aromatic N) is 1. The van der Waals surface area contributed by atoms with Gasteiger partial charge in [0.1, 0.15) is 0 Å². The number of hydrogen-bond acceptors (Lipinski definition) is 3. The highest BCUT2D eigenvalue weighted by atomic mass is 79.9. The fourth-order valence-electron chi connectivity index (χ4n) is 1.84. The molecule has 5 heteroatoms. The third kappa shape index (κ3) is 2.49. The number of amides is 1. The summed E-state index contributed by atoms with van der Waals surface area (Å²) in [5.41, 5.74) is 1.72. The summed E-state index contributed by atoms with van der Waals surface area (Å²) >= 11 is 3.34. The molecule has 0 bridgehead atoms. The SMILES string of the molecule is COC(=O)CCN1Cc2ccc(Br)cc2C1=O. The van der Waals surface area contributed by atoms with Gasteiger partial charge in [-0.15, -0.1) is 0 Å². The van der Waals surface area contributed by atoms with Crippen LogP contribution in [0.15, 0.2) is 22.7 Å². The van der Waals surface area contributed by atoms with E-state index in [4.69, 9.17) is 0 Å². The van der Waals surface area contributed by atoms with Gasteiger partial charge in [-0.2, -0.15) is 0 Å². The van der Waals surface area contributed by atoms with E-state index in [2.05, 4.69) is 20.7 Å². The molecule has 1 aromatic carbocycles. The molecule has 17 heavy (non-hydrogen) atoms. The number of carbonyl (C=O) groups excluding carboxylic acids is 2. The number of halogens is 1. The Bertz CT molecular complexity index is 473. The summed E-state index contributed by atoms with van der Waals surface area (Å²) in [6.45, 7) is 0.968. The van der Waals surface area contributed by atoms with Gasteiger partial charge in [-0.05, 0) is 17.7 Å². The molecule has 0 radical (unpaired) electrons. The molecule has 0 aromatic heterocycles. The van der Waals surface area contributed by atoms with Crippen LogP contribution in [0.4, 0.5) is 0 Å². The van der Waals surface area contributed by atoms with Gasteiger partial charge in [0.25, 0.3) is 5.91 Å². The lowest BCUT2D eigenvalue weighted by Crippen LogP contribution is -2.26. The number of hydrogen-bond donors (Lipinski definition) is 0. The largest absolute Gasteiger partial charge is 0.469 e. The molecule has 0 saturated heterocycles. The van der Waals surface area contributed by atoms with Crippen molar-refractivity contribution in [1.29, 1.82) is 0 Å². The normalized spacial score (nSPS) is 13.8. The fraction of sp³-hybridized carbons (Fsp3) is 0.333. The van der Waals surface area contributed by atoms with Gasteiger partial charge in [0, 0.05) is 23.1 Å². The van der Waals surface area contributed by atoms with E-state index < -0.39 is 0 Å². The van der Waals surface area contributed by atoms with Crippen LogP contribution in [0.5, 0.6) is 0 Å². The highest BCUT2D eigenvalue weighted by Crippen LogP contribution is 2.25. The molecule has 0 unspecified atom stereocenters.